The van der Waals surface area contributed by atoms with Crippen molar-refractivity contribution in [1.29, 1.82) is 0 Å². The Hall–Kier alpha value is -2.24. The van der Waals surface area contributed by atoms with Gasteiger partial charge in [-0.15, -0.1) is 5.10 Å². The van der Waals surface area contributed by atoms with Crippen LogP contribution in [0.4, 0.5) is 5.82 Å². The van der Waals surface area contributed by atoms with Gasteiger partial charge in [-0.2, -0.15) is 0 Å². The average molecular weight is 190 g/mol. The third kappa shape index (κ3) is 1.05. The monoisotopic (exact) mass is 190 g/mol. The van der Waals surface area contributed by atoms with Crippen LogP contribution >= 0.6 is 0 Å². The molecule has 6 N–H and O–H groups in total. The summed E-state index contributed by atoms with van der Waals surface area (Å²) in [5.41, 5.74) is 6.69. The van der Waals surface area contributed by atoms with Crippen molar-refractivity contribution < 1.29 is 0 Å². The lowest BCUT2D eigenvalue weighted by Crippen LogP contribution is -2.33. The van der Waals surface area contributed by atoms with Crippen LogP contribution in [0.1, 0.15) is 0 Å². The van der Waals surface area contributed by atoms with Crippen LogP contribution in [0.5, 0.6) is 0 Å². The maximum Gasteiger partial charge on any atom is 0.267 e. The summed E-state index contributed by atoms with van der Waals surface area (Å²) in [6.45, 7) is 0. The smallest absolute Gasteiger partial charge is 0.267 e. The highest BCUT2D eigenvalue weighted by Crippen LogP contribution is 2.14. The minimum atomic E-state index is 0.196. The number of rotatable bonds is 0. The van der Waals surface area contributed by atoms with E-state index in [0.29, 0.717) is 5.82 Å². The Morgan fingerprint density at radius 1 is 1.29 bits per heavy atom. The highest BCUT2D eigenvalue weighted by molar-refractivity contribution is 5.87. The van der Waals surface area contributed by atoms with E-state index >= 15 is 0 Å². The van der Waals surface area contributed by atoms with Crippen LogP contribution in [0, 0.1) is 0 Å². The van der Waals surface area contributed by atoms with Gasteiger partial charge in [0.1, 0.15) is 5.82 Å². The first kappa shape index (κ1) is 8.36. The Labute approximate surface area is 79.6 Å². The molecule has 6 heteroatoms. The molecule has 0 aliphatic heterocycles. The van der Waals surface area contributed by atoms with Gasteiger partial charge >= 0.3 is 0 Å². The molecule has 0 aliphatic rings. The largest absolute Gasteiger partial charge is 0.383 e. The summed E-state index contributed by atoms with van der Waals surface area (Å²) in [6, 6.07) is 7.37. The van der Waals surface area contributed by atoms with Crippen LogP contribution in [-0.4, -0.2) is 9.66 Å². The number of nitrogens with two attached hydrogens (primary N) is 3. The second kappa shape index (κ2) is 2.91. The molecule has 0 bridgehead atoms. The van der Waals surface area contributed by atoms with Crippen LogP contribution in [0.3, 0.4) is 0 Å². The lowest BCUT2D eigenvalue weighted by Gasteiger charge is -2.06. The van der Waals surface area contributed by atoms with Gasteiger partial charge in [0.05, 0.1) is 5.52 Å². The predicted octanol–water partition coefficient (Wildman–Crippen LogP) is -0.893. The third-order valence-electron chi connectivity index (χ3n) is 1.99. The standard InChI is InChI=1S/C8H10N6/c9-7-5-3-1-2-4-6(5)12-8(13-10)14(7)11/h1-4H,9-11H2/b13-8+. The Morgan fingerprint density at radius 3 is 2.71 bits per heavy atom. The zero-order valence-electron chi connectivity index (χ0n) is 7.38. The van der Waals surface area contributed by atoms with Gasteiger partial charge in [-0.1, -0.05) is 12.1 Å². The molecule has 14 heavy (non-hydrogen) atoms. The molecule has 1 aromatic carbocycles. The number of hydrogen-bond acceptors (Lipinski definition) is 5. The van der Waals surface area contributed by atoms with Gasteiger partial charge in [0.2, 0.25) is 0 Å². The molecule has 1 aromatic heterocycles. The van der Waals surface area contributed by atoms with Crippen molar-refractivity contribution in [2.75, 3.05) is 11.6 Å². The molecule has 0 unspecified atom stereocenters. The summed E-state index contributed by atoms with van der Waals surface area (Å²) >= 11 is 0. The number of aromatic nitrogens is 2. The van der Waals surface area contributed by atoms with Gasteiger partial charge in [0.15, 0.2) is 0 Å². The second-order valence-corrected chi connectivity index (χ2v) is 2.81. The summed E-state index contributed by atoms with van der Waals surface area (Å²) in [6.07, 6.45) is 0. The van der Waals surface area contributed by atoms with Gasteiger partial charge in [-0.3, -0.25) is 0 Å². The molecule has 0 saturated carbocycles. The fourth-order valence-corrected chi connectivity index (χ4v) is 1.28. The average Bonchev–Trinajstić information content (AvgIpc) is 2.23. The van der Waals surface area contributed by atoms with E-state index in [1.165, 1.54) is 0 Å². The lowest BCUT2D eigenvalue weighted by molar-refractivity contribution is 0.837. The minimum absolute atomic E-state index is 0.196. The third-order valence-corrected chi connectivity index (χ3v) is 1.99. The van der Waals surface area contributed by atoms with Crippen LogP contribution < -0.4 is 23.0 Å². The Morgan fingerprint density at radius 2 is 2.00 bits per heavy atom. The van der Waals surface area contributed by atoms with Crippen molar-refractivity contribution in [3.63, 3.8) is 0 Å². The number of nitrogens with zero attached hydrogens (tertiary/aromatic N) is 3. The first-order valence-electron chi connectivity index (χ1n) is 4.00. The van der Waals surface area contributed by atoms with E-state index in [-0.39, 0.29) is 5.62 Å². The topological polar surface area (TPSA) is 108 Å². The van der Waals surface area contributed by atoms with Crippen LogP contribution in [0.2, 0.25) is 0 Å². The van der Waals surface area contributed by atoms with Crippen molar-refractivity contribution >= 4 is 16.7 Å². The molecule has 1 heterocycles. The predicted molar refractivity (Wildman–Crippen MR) is 54.0 cm³/mol. The van der Waals surface area contributed by atoms with Gasteiger partial charge in [0, 0.05) is 5.39 Å². The zero-order valence-corrected chi connectivity index (χ0v) is 7.38. The van der Waals surface area contributed by atoms with Gasteiger partial charge < -0.3 is 17.4 Å². The second-order valence-electron chi connectivity index (χ2n) is 2.81. The molecule has 72 valence electrons. The maximum atomic E-state index is 5.78. The summed E-state index contributed by atoms with van der Waals surface area (Å²) in [4.78, 5) is 4.12. The van der Waals surface area contributed by atoms with Gasteiger partial charge in [-0.05, 0) is 12.1 Å². The molecule has 0 amide bonds. The van der Waals surface area contributed by atoms with E-state index in [9.17, 15) is 0 Å². The fraction of sp³-hybridized carbons (Fsp3) is 0. The van der Waals surface area contributed by atoms with Crippen LogP contribution in [-0.2, 0) is 0 Å². The summed E-state index contributed by atoms with van der Waals surface area (Å²) in [7, 11) is 0. The number of nitrogen functional groups attached to an aromatic ring is 2. The Kier molecular flexibility index (Phi) is 1.74. The Balaban J connectivity index is 3.00. The fourth-order valence-electron chi connectivity index (χ4n) is 1.28. The molecular formula is C8H10N6. The quantitative estimate of drug-likeness (QED) is 0.369. The SMILES string of the molecule is N/N=c1\nc2ccccc2c(N)n1N. The van der Waals surface area contributed by atoms with E-state index < -0.39 is 0 Å². The number of hydrogen-bond donors (Lipinski definition) is 3. The van der Waals surface area contributed by atoms with Gasteiger partial charge in [-0.25, -0.2) is 9.66 Å². The van der Waals surface area contributed by atoms with E-state index in [1.807, 2.05) is 24.3 Å². The maximum absolute atomic E-state index is 5.78. The van der Waals surface area contributed by atoms with E-state index in [4.69, 9.17) is 17.4 Å². The molecule has 0 radical (unpaired) electrons. The molecule has 0 aliphatic carbocycles. The molecule has 0 fully saturated rings. The number of benzene rings is 1. The van der Waals surface area contributed by atoms with Crippen molar-refractivity contribution in [3.8, 4) is 0 Å². The van der Waals surface area contributed by atoms with Crippen LogP contribution in [0.25, 0.3) is 10.9 Å². The Bertz CT molecular complexity index is 541. The molecule has 0 spiro atoms. The highest BCUT2D eigenvalue weighted by atomic mass is 15.4. The summed E-state index contributed by atoms with van der Waals surface area (Å²) < 4.78 is 1.16. The molecule has 0 saturated heterocycles. The summed E-state index contributed by atoms with van der Waals surface area (Å²) in [5.74, 6) is 11.1. The first-order valence-corrected chi connectivity index (χ1v) is 4.00. The normalized spacial score (nSPS) is 12.1. The highest BCUT2D eigenvalue weighted by Gasteiger charge is 2.03. The van der Waals surface area contributed by atoms with E-state index in [0.717, 1.165) is 15.6 Å². The molecule has 2 rings (SSSR count). The van der Waals surface area contributed by atoms with Crippen LogP contribution in [0.15, 0.2) is 29.4 Å². The molecule has 0 atom stereocenters. The molecule has 2 aromatic rings. The van der Waals surface area contributed by atoms with Crippen molar-refractivity contribution in [3.05, 3.63) is 29.9 Å². The van der Waals surface area contributed by atoms with Gasteiger partial charge in [0.25, 0.3) is 5.62 Å². The zero-order chi connectivity index (χ0) is 10.1. The van der Waals surface area contributed by atoms with Crippen molar-refractivity contribution in [2.45, 2.75) is 0 Å². The number of anilines is 1. The lowest BCUT2D eigenvalue weighted by atomic mass is 10.2. The first-order chi connectivity index (χ1) is 6.74. The number of para-hydroxylation sites is 1. The molecular weight excluding hydrogens is 180 g/mol. The van der Waals surface area contributed by atoms with Crippen molar-refractivity contribution in [1.82, 2.24) is 9.66 Å². The molecule has 6 nitrogen and oxygen atoms in total. The number of fused-ring (bicyclic) bond motifs is 1. The summed E-state index contributed by atoms with van der Waals surface area (Å²) in [5, 5.41) is 4.21. The van der Waals surface area contributed by atoms with E-state index in [1.54, 1.807) is 0 Å². The minimum Gasteiger partial charge on any atom is -0.383 e. The van der Waals surface area contributed by atoms with E-state index in [2.05, 4.69) is 10.1 Å². The van der Waals surface area contributed by atoms with Crippen molar-refractivity contribution in [2.24, 2.45) is 10.9 Å².